The Morgan fingerprint density at radius 1 is 1.39 bits per heavy atom. The third-order valence-corrected chi connectivity index (χ3v) is 4.42. The number of carbonyl (C=O) groups is 1. The van der Waals surface area contributed by atoms with E-state index in [1.807, 2.05) is 13.8 Å². The molecule has 0 aromatic heterocycles. The summed E-state index contributed by atoms with van der Waals surface area (Å²) in [4.78, 5) is 13.5. The van der Waals surface area contributed by atoms with Crippen molar-refractivity contribution in [1.29, 1.82) is 0 Å². The molecule has 3 nitrogen and oxygen atoms in total. The normalized spacial score (nSPS) is 25.4. The Hall–Kier alpha value is -0.570. The molecular formula is C15H29NO2. The zero-order valence-electron chi connectivity index (χ0n) is 12.4. The number of carboxylic acids is 1. The SMILES string of the molecule is CC1CCCC(N(C)CCCC(C)(C)C(=O)O)C1. The Labute approximate surface area is 112 Å². The summed E-state index contributed by atoms with van der Waals surface area (Å²) in [7, 11) is 2.19. The summed E-state index contributed by atoms with van der Waals surface area (Å²) >= 11 is 0. The largest absolute Gasteiger partial charge is 0.481 e. The summed E-state index contributed by atoms with van der Waals surface area (Å²) in [6.45, 7) is 7.00. The number of nitrogens with zero attached hydrogens (tertiary/aromatic N) is 1. The molecule has 1 aliphatic carbocycles. The zero-order valence-corrected chi connectivity index (χ0v) is 12.4. The van der Waals surface area contributed by atoms with Gasteiger partial charge >= 0.3 is 5.97 Å². The molecule has 18 heavy (non-hydrogen) atoms. The second-order valence-corrected chi connectivity index (χ2v) is 6.70. The fourth-order valence-corrected chi connectivity index (χ4v) is 2.86. The van der Waals surface area contributed by atoms with Crippen LogP contribution in [0.2, 0.25) is 0 Å². The van der Waals surface area contributed by atoms with Crippen LogP contribution in [0.15, 0.2) is 0 Å². The third-order valence-electron chi connectivity index (χ3n) is 4.42. The molecule has 0 amide bonds. The van der Waals surface area contributed by atoms with Gasteiger partial charge < -0.3 is 10.0 Å². The minimum Gasteiger partial charge on any atom is -0.481 e. The monoisotopic (exact) mass is 255 g/mol. The van der Waals surface area contributed by atoms with E-state index in [0.717, 1.165) is 25.3 Å². The van der Waals surface area contributed by atoms with Crippen LogP contribution in [0.25, 0.3) is 0 Å². The molecule has 0 aromatic rings. The van der Waals surface area contributed by atoms with Gasteiger partial charge in [-0.15, -0.1) is 0 Å². The molecule has 0 heterocycles. The second kappa shape index (κ2) is 6.55. The van der Waals surface area contributed by atoms with Crippen LogP contribution in [-0.4, -0.2) is 35.6 Å². The van der Waals surface area contributed by atoms with Crippen LogP contribution < -0.4 is 0 Å². The highest BCUT2D eigenvalue weighted by Crippen LogP contribution is 2.28. The van der Waals surface area contributed by atoms with Crippen molar-refractivity contribution < 1.29 is 9.90 Å². The van der Waals surface area contributed by atoms with E-state index in [-0.39, 0.29) is 0 Å². The van der Waals surface area contributed by atoms with Crippen molar-refractivity contribution in [3.63, 3.8) is 0 Å². The topological polar surface area (TPSA) is 40.5 Å². The van der Waals surface area contributed by atoms with E-state index in [1.165, 1.54) is 25.7 Å². The molecule has 0 saturated heterocycles. The Balaban J connectivity index is 2.28. The zero-order chi connectivity index (χ0) is 13.8. The van der Waals surface area contributed by atoms with Crippen molar-refractivity contribution in [3.8, 4) is 0 Å². The van der Waals surface area contributed by atoms with Gasteiger partial charge in [0.2, 0.25) is 0 Å². The standard InChI is InChI=1S/C15H29NO2/c1-12-7-5-8-13(11-12)16(4)10-6-9-15(2,3)14(17)18/h12-13H,5-11H2,1-4H3,(H,17,18). The van der Waals surface area contributed by atoms with E-state index in [1.54, 1.807) is 0 Å². The minimum atomic E-state index is -0.684. The number of aliphatic carboxylic acids is 1. The maximum absolute atomic E-state index is 11.0. The molecular weight excluding hydrogens is 226 g/mol. The molecule has 1 saturated carbocycles. The fraction of sp³-hybridized carbons (Fsp3) is 0.933. The molecule has 0 bridgehead atoms. The molecule has 0 aromatic carbocycles. The summed E-state index contributed by atoms with van der Waals surface area (Å²) in [5.74, 6) is 0.165. The smallest absolute Gasteiger partial charge is 0.309 e. The first-order chi connectivity index (χ1) is 8.33. The molecule has 1 N–H and O–H groups in total. The van der Waals surface area contributed by atoms with Crippen LogP contribution in [0.5, 0.6) is 0 Å². The molecule has 3 heteroatoms. The van der Waals surface area contributed by atoms with Gasteiger partial charge in [0.25, 0.3) is 0 Å². The highest BCUT2D eigenvalue weighted by molar-refractivity contribution is 5.73. The summed E-state index contributed by atoms with van der Waals surface area (Å²) in [5.41, 5.74) is -0.583. The van der Waals surface area contributed by atoms with Crippen LogP contribution in [0.4, 0.5) is 0 Å². The van der Waals surface area contributed by atoms with Crippen molar-refractivity contribution in [2.45, 2.75) is 65.3 Å². The summed E-state index contributed by atoms with van der Waals surface area (Å²) in [6, 6.07) is 0.710. The van der Waals surface area contributed by atoms with Crippen molar-refractivity contribution >= 4 is 5.97 Å². The number of hydrogen-bond acceptors (Lipinski definition) is 2. The van der Waals surface area contributed by atoms with E-state index in [9.17, 15) is 4.79 Å². The molecule has 2 atom stereocenters. The predicted octanol–water partition coefficient (Wildman–Crippen LogP) is 3.39. The van der Waals surface area contributed by atoms with Crippen LogP contribution in [0.3, 0.4) is 0 Å². The van der Waals surface area contributed by atoms with E-state index in [0.29, 0.717) is 6.04 Å². The molecule has 2 unspecified atom stereocenters. The average Bonchev–Trinajstić information content (AvgIpc) is 2.28. The van der Waals surface area contributed by atoms with Crippen LogP contribution in [0.1, 0.15) is 59.3 Å². The van der Waals surface area contributed by atoms with Gasteiger partial charge in [-0.05, 0) is 59.0 Å². The van der Waals surface area contributed by atoms with E-state index in [4.69, 9.17) is 5.11 Å². The van der Waals surface area contributed by atoms with Crippen molar-refractivity contribution in [2.24, 2.45) is 11.3 Å². The van der Waals surface area contributed by atoms with Gasteiger partial charge in [0.15, 0.2) is 0 Å². The van der Waals surface area contributed by atoms with E-state index >= 15 is 0 Å². The fourth-order valence-electron chi connectivity index (χ4n) is 2.86. The first-order valence-corrected chi connectivity index (χ1v) is 7.26. The van der Waals surface area contributed by atoms with E-state index < -0.39 is 11.4 Å². The summed E-state index contributed by atoms with van der Waals surface area (Å²) in [6.07, 6.45) is 7.06. The molecule has 0 aliphatic heterocycles. The second-order valence-electron chi connectivity index (χ2n) is 6.70. The molecule has 0 radical (unpaired) electrons. The molecule has 1 rings (SSSR count). The van der Waals surface area contributed by atoms with Crippen LogP contribution >= 0.6 is 0 Å². The third kappa shape index (κ3) is 4.60. The maximum Gasteiger partial charge on any atom is 0.309 e. The van der Waals surface area contributed by atoms with Gasteiger partial charge in [-0.25, -0.2) is 0 Å². The molecule has 0 spiro atoms. The molecule has 1 fully saturated rings. The summed E-state index contributed by atoms with van der Waals surface area (Å²) < 4.78 is 0. The lowest BCUT2D eigenvalue weighted by Crippen LogP contribution is -2.36. The van der Waals surface area contributed by atoms with Gasteiger partial charge in [-0.3, -0.25) is 4.79 Å². The van der Waals surface area contributed by atoms with Gasteiger partial charge in [0.05, 0.1) is 5.41 Å². The van der Waals surface area contributed by atoms with Crippen LogP contribution in [0, 0.1) is 11.3 Å². The Morgan fingerprint density at radius 3 is 2.61 bits per heavy atom. The lowest BCUT2D eigenvalue weighted by atomic mass is 9.85. The van der Waals surface area contributed by atoms with Gasteiger partial charge in [0, 0.05) is 6.04 Å². The Bertz CT molecular complexity index is 276. The first-order valence-electron chi connectivity index (χ1n) is 7.26. The predicted molar refractivity (Wildman–Crippen MR) is 74.7 cm³/mol. The van der Waals surface area contributed by atoms with Crippen molar-refractivity contribution in [2.75, 3.05) is 13.6 Å². The quantitative estimate of drug-likeness (QED) is 0.791. The highest BCUT2D eigenvalue weighted by atomic mass is 16.4. The number of carboxylic acid groups (broad SMARTS) is 1. The summed E-state index contributed by atoms with van der Waals surface area (Å²) in [5, 5.41) is 9.08. The van der Waals surface area contributed by atoms with E-state index in [2.05, 4.69) is 18.9 Å². The number of rotatable bonds is 6. The number of hydrogen-bond donors (Lipinski definition) is 1. The lowest BCUT2D eigenvalue weighted by Gasteiger charge is -2.34. The van der Waals surface area contributed by atoms with Crippen LogP contribution in [-0.2, 0) is 4.79 Å². The molecule has 1 aliphatic rings. The van der Waals surface area contributed by atoms with Gasteiger partial charge in [-0.1, -0.05) is 19.8 Å². The van der Waals surface area contributed by atoms with Crippen molar-refractivity contribution in [1.82, 2.24) is 4.90 Å². The Morgan fingerprint density at radius 2 is 2.06 bits per heavy atom. The minimum absolute atomic E-state index is 0.583. The van der Waals surface area contributed by atoms with Crippen molar-refractivity contribution in [3.05, 3.63) is 0 Å². The Kier molecular flexibility index (Phi) is 5.64. The van der Waals surface area contributed by atoms with Gasteiger partial charge in [0.1, 0.15) is 0 Å². The maximum atomic E-state index is 11.0. The first kappa shape index (κ1) is 15.5. The lowest BCUT2D eigenvalue weighted by molar-refractivity contribution is -0.147. The molecule has 106 valence electrons. The average molecular weight is 255 g/mol. The van der Waals surface area contributed by atoms with Gasteiger partial charge in [-0.2, -0.15) is 0 Å². The highest BCUT2D eigenvalue weighted by Gasteiger charge is 2.27.